The number of amides is 1. The van der Waals surface area contributed by atoms with Crippen molar-refractivity contribution in [3.05, 3.63) is 103 Å². The van der Waals surface area contributed by atoms with Crippen LogP contribution in [0, 0.1) is 16.3 Å². The topological polar surface area (TPSA) is 32.7 Å². The third-order valence-corrected chi connectivity index (χ3v) is 5.76. The molecular weight excluding hydrogens is 546 g/mol. The molecule has 1 aliphatic heterocycles. The smallest absolute Gasteiger partial charge is 0.266 e. The number of hydrogen-bond donors (Lipinski definition) is 0. The van der Waals surface area contributed by atoms with Gasteiger partial charge in [0.15, 0.2) is 0 Å². The summed E-state index contributed by atoms with van der Waals surface area (Å²) in [5.74, 6) is -0.151. The van der Waals surface area contributed by atoms with Crippen molar-refractivity contribution in [1.82, 2.24) is 0 Å². The second kappa shape index (κ2) is 8.20. The third-order valence-electron chi connectivity index (χ3n) is 4.56. The molecule has 0 radical (unpaired) electrons. The van der Waals surface area contributed by atoms with Crippen molar-refractivity contribution in [3.63, 3.8) is 0 Å². The van der Waals surface area contributed by atoms with Gasteiger partial charge in [0.2, 0.25) is 0 Å². The highest BCUT2D eigenvalue weighted by molar-refractivity contribution is 14.1. The Balaban J connectivity index is 1.87. The number of anilines is 1. The summed E-state index contributed by atoms with van der Waals surface area (Å²) in [6.07, 6.45) is 1.50. The van der Waals surface area contributed by atoms with E-state index in [0.717, 1.165) is 24.9 Å². The van der Waals surface area contributed by atoms with E-state index in [0.29, 0.717) is 11.4 Å². The number of nitrogens with zero attached hydrogens (tertiary/aromatic N) is 2. The molecule has 6 heteroatoms. The summed E-state index contributed by atoms with van der Waals surface area (Å²) in [7, 11) is 0. The molecule has 144 valence electrons. The van der Waals surface area contributed by atoms with E-state index in [1.807, 2.05) is 49.4 Å². The van der Waals surface area contributed by atoms with Gasteiger partial charge in [0, 0.05) is 19.2 Å². The number of aryl methyl sites for hydroxylation is 1. The molecule has 0 saturated heterocycles. The Morgan fingerprint density at radius 2 is 1.79 bits per heavy atom. The molecule has 3 aromatic rings. The second-order valence-electron chi connectivity index (χ2n) is 6.56. The van der Waals surface area contributed by atoms with Crippen LogP contribution in [-0.2, 0) is 4.79 Å². The van der Waals surface area contributed by atoms with Gasteiger partial charge in [-0.1, -0.05) is 46.3 Å². The van der Waals surface area contributed by atoms with Crippen LogP contribution in [0.1, 0.15) is 16.7 Å². The Hall–Kier alpha value is -2.32. The van der Waals surface area contributed by atoms with Gasteiger partial charge >= 0.3 is 0 Å². The summed E-state index contributed by atoms with van der Waals surface area (Å²) in [5, 5.41) is 0. The molecule has 0 fully saturated rings. The predicted octanol–water partition coefficient (Wildman–Crippen LogP) is 6.34. The molecule has 4 rings (SSSR count). The van der Waals surface area contributed by atoms with Crippen LogP contribution in [-0.4, -0.2) is 11.7 Å². The van der Waals surface area contributed by atoms with Crippen LogP contribution in [0.4, 0.5) is 10.1 Å². The van der Waals surface area contributed by atoms with Gasteiger partial charge in [0.05, 0.1) is 5.69 Å². The summed E-state index contributed by atoms with van der Waals surface area (Å²) in [5.41, 5.74) is 3.05. The van der Waals surface area contributed by atoms with Crippen LogP contribution in [0.5, 0.6) is 0 Å². The fourth-order valence-corrected chi connectivity index (χ4v) is 4.05. The Morgan fingerprint density at radius 1 is 1.07 bits per heavy atom. The van der Waals surface area contributed by atoms with Gasteiger partial charge in [-0.25, -0.2) is 9.38 Å². The highest BCUT2D eigenvalue weighted by Crippen LogP contribution is 2.31. The Labute approximate surface area is 190 Å². The van der Waals surface area contributed by atoms with E-state index in [-0.39, 0.29) is 11.6 Å². The minimum absolute atomic E-state index is 0.200. The summed E-state index contributed by atoms with van der Waals surface area (Å²) in [6.45, 7) is 1.96. The number of carbonyl (C=O) groups excluding carboxylic acids is 1. The quantitative estimate of drug-likeness (QED) is 0.272. The molecule has 0 bridgehead atoms. The first-order valence-corrected chi connectivity index (χ1v) is 10.7. The minimum Gasteiger partial charge on any atom is -0.266 e. The lowest BCUT2D eigenvalue weighted by atomic mass is 10.1. The van der Waals surface area contributed by atoms with Crippen molar-refractivity contribution in [1.29, 1.82) is 0 Å². The van der Waals surface area contributed by atoms with Gasteiger partial charge in [-0.2, -0.15) is 0 Å². The fraction of sp³-hybridized carbons (Fsp3) is 0.0435. The maximum atomic E-state index is 14.1. The van der Waals surface area contributed by atoms with Crippen LogP contribution in [0.3, 0.4) is 0 Å². The standard InChI is InChI=1S/C23H15BrFIN2O/c1-14-12-18(26)10-11-21(14)28-22(15-6-8-17(24)9-7-15)27-20(23(28)29)13-16-4-2-3-5-19(16)25/h2-13H,1H3/b20-13-. The van der Waals surface area contributed by atoms with Gasteiger partial charge in [-0.3, -0.25) is 9.69 Å². The van der Waals surface area contributed by atoms with Gasteiger partial charge < -0.3 is 0 Å². The molecule has 29 heavy (non-hydrogen) atoms. The second-order valence-corrected chi connectivity index (χ2v) is 8.73. The molecule has 1 amide bonds. The van der Waals surface area contributed by atoms with Crippen molar-refractivity contribution in [3.8, 4) is 0 Å². The zero-order valence-electron chi connectivity index (χ0n) is 15.4. The van der Waals surface area contributed by atoms with Crippen LogP contribution >= 0.6 is 38.5 Å². The number of hydrogen-bond acceptors (Lipinski definition) is 2. The maximum absolute atomic E-state index is 14.1. The molecule has 0 unspecified atom stereocenters. The van der Waals surface area contributed by atoms with E-state index < -0.39 is 5.82 Å². The average molecular weight is 561 g/mol. The summed E-state index contributed by atoms with van der Waals surface area (Å²) < 4.78 is 16.2. The number of halogens is 3. The SMILES string of the molecule is Cc1cc(I)ccc1N1C(=O)/C(=C/c2ccccc2F)N=C1c1ccc(Br)cc1. The lowest BCUT2D eigenvalue weighted by Crippen LogP contribution is -2.33. The first-order chi connectivity index (χ1) is 13.9. The number of amidine groups is 1. The zero-order valence-corrected chi connectivity index (χ0v) is 19.1. The van der Waals surface area contributed by atoms with Gasteiger partial charge in [0.1, 0.15) is 17.3 Å². The molecule has 0 N–H and O–H groups in total. The average Bonchev–Trinajstić information content (AvgIpc) is 3.01. The molecule has 3 nitrogen and oxygen atoms in total. The fourth-order valence-electron chi connectivity index (χ4n) is 3.14. The monoisotopic (exact) mass is 560 g/mol. The molecule has 0 aliphatic carbocycles. The van der Waals surface area contributed by atoms with E-state index in [2.05, 4.69) is 43.5 Å². The number of aliphatic imine (C=N–C) groups is 1. The van der Waals surface area contributed by atoms with Crippen LogP contribution in [0.15, 0.2) is 81.9 Å². The molecule has 0 spiro atoms. The summed E-state index contributed by atoms with van der Waals surface area (Å²) in [6, 6.07) is 19.8. The van der Waals surface area contributed by atoms with Gasteiger partial charge in [-0.05, 0) is 77.6 Å². The van der Waals surface area contributed by atoms with E-state index in [9.17, 15) is 9.18 Å². The van der Waals surface area contributed by atoms with E-state index >= 15 is 0 Å². The molecule has 0 saturated carbocycles. The molecule has 0 atom stereocenters. The Bertz CT molecular complexity index is 1170. The van der Waals surface area contributed by atoms with Gasteiger partial charge in [0.25, 0.3) is 5.91 Å². The molecule has 1 heterocycles. The molecule has 1 aliphatic rings. The Kier molecular flexibility index (Phi) is 5.65. The van der Waals surface area contributed by atoms with Crippen LogP contribution < -0.4 is 4.90 Å². The largest absolute Gasteiger partial charge is 0.282 e. The highest BCUT2D eigenvalue weighted by atomic mass is 127. The van der Waals surface area contributed by atoms with Crippen molar-refractivity contribution in [2.75, 3.05) is 4.90 Å². The highest BCUT2D eigenvalue weighted by Gasteiger charge is 2.33. The van der Waals surface area contributed by atoms with E-state index in [1.165, 1.54) is 12.1 Å². The van der Waals surface area contributed by atoms with Crippen molar-refractivity contribution in [2.24, 2.45) is 4.99 Å². The van der Waals surface area contributed by atoms with Crippen LogP contribution in [0.25, 0.3) is 6.08 Å². The zero-order chi connectivity index (χ0) is 20.5. The Morgan fingerprint density at radius 3 is 2.48 bits per heavy atom. The van der Waals surface area contributed by atoms with Gasteiger partial charge in [-0.15, -0.1) is 0 Å². The number of rotatable bonds is 3. The maximum Gasteiger partial charge on any atom is 0.282 e. The van der Waals surface area contributed by atoms with Crippen molar-refractivity contribution in [2.45, 2.75) is 6.92 Å². The summed E-state index contributed by atoms with van der Waals surface area (Å²) >= 11 is 5.68. The van der Waals surface area contributed by atoms with Crippen LogP contribution in [0.2, 0.25) is 0 Å². The van der Waals surface area contributed by atoms with Crippen molar-refractivity contribution >= 4 is 62.0 Å². The summed E-state index contributed by atoms with van der Waals surface area (Å²) in [4.78, 5) is 19.5. The molecular formula is C23H15BrFIN2O. The third kappa shape index (κ3) is 4.04. The molecule has 3 aromatic carbocycles. The lowest BCUT2D eigenvalue weighted by Gasteiger charge is -2.21. The first-order valence-electron chi connectivity index (χ1n) is 8.85. The van der Waals surface area contributed by atoms with E-state index in [4.69, 9.17) is 0 Å². The lowest BCUT2D eigenvalue weighted by molar-refractivity contribution is -0.113. The van der Waals surface area contributed by atoms with Crippen molar-refractivity contribution < 1.29 is 9.18 Å². The molecule has 0 aromatic heterocycles. The number of benzene rings is 3. The predicted molar refractivity (Wildman–Crippen MR) is 126 cm³/mol. The number of carbonyl (C=O) groups is 1. The first kappa shape index (κ1) is 20.0. The normalized spacial score (nSPS) is 15.2. The minimum atomic E-state index is -0.392. The van der Waals surface area contributed by atoms with E-state index in [1.54, 1.807) is 23.1 Å².